The molecule has 0 bridgehead atoms. The van der Waals surface area contributed by atoms with Crippen LogP contribution >= 0.6 is 11.3 Å². The highest BCUT2D eigenvalue weighted by atomic mass is 32.1. The van der Waals surface area contributed by atoms with Gasteiger partial charge >= 0.3 is 0 Å². The van der Waals surface area contributed by atoms with E-state index in [0.29, 0.717) is 0 Å². The maximum atomic E-state index is 11.3. The quantitative estimate of drug-likeness (QED) is 0.792. The molecular formula is C17H12OS. The second-order valence-electron chi connectivity index (χ2n) is 4.24. The molecule has 0 saturated heterocycles. The molecule has 0 fully saturated rings. The van der Waals surface area contributed by atoms with Gasteiger partial charge in [0.15, 0.2) is 5.78 Å². The maximum absolute atomic E-state index is 11.3. The van der Waals surface area contributed by atoms with Crippen molar-refractivity contribution in [2.75, 3.05) is 0 Å². The van der Waals surface area contributed by atoms with Crippen LogP contribution in [0.5, 0.6) is 0 Å². The Morgan fingerprint density at radius 2 is 1.58 bits per heavy atom. The van der Waals surface area contributed by atoms with Crippen molar-refractivity contribution in [3.63, 3.8) is 0 Å². The van der Waals surface area contributed by atoms with Crippen molar-refractivity contribution >= 4 is 22.7 Å². The lowest BCUT2D eigenvalue weighted by molar-refractivity contribution is -0.110. The highest BCUT2D eigenvalue weighted by Crippen LogP contribution is 2.32. The summed E-state index contributed by atoms with van der Waals surface area (Å²) >= 11 is 1.71. The zero-order valence-corrected chi connectivity index (χ0v) is 11.1. The number of thiophene rings is 1. The van der Waals surface area contributed by atoms with Crippen LogP contribution in [0.25, 0.3) is 5.57 Å². The molecule has 0 atom stereocenters. The van der Waals surface area contributed by atoms with Crippen LogP contribution in [-0.2, 0) is 4.79 Å². The molecule has 1 aliphatic carbocycles. The fraction of sp³-hybridized carbons (Fsp3) is 0. The molecule has 1 aliphatic rings. The number of ketones is 1. The summed E-state index contributed by atoms with van der Waals surface area (Å²) in [6, 6.07) is 14.4. The van der Waals surface area contributed by atoms with Crippen LogP contribution in [0.4, 0.5) is 0 Å². The molecule has 0 aliphatic heterocycles. The number of hydrogen-bond acceptors (Lipinski definition) is 2. The van der Waals surface area contributed by atoms with E-state index in [-0.39, 0.29) is 5.78 Å². The monoisotopic (exact) mass is 264 g/mol. The maximum Gasteiger partial charge on any atom is 0.178 e. The van der Waals surface area contributed by atoms with E-state index < -0.39 is 0 Å². The van der Waals surface area contributed by atoms with Gasteiger partial charge in [0.2, 0.25) is 0 Å². The highest BCUT2D eigenvalue weighted by molar-refractivity contribution is 7.11. The SMILES string of the molecule is O=C1C=CC(=C(c2ccccc2)c2cccs2)C=C1. The predicted molar refractivity (Wildman–Crippen MR) is 80.1 cm³/mol. The third kappa shape index (κ3) is 2.49. The number of carbonyl (C=O) groups is 1. The van der Waals surface area contributed by atoms with E-state index >= 15 is 0 Å². The molecule has 0 N–H and O–H groups in total. The van der Waals surface area contributed by atoms with Gasteiger partial charge in [-0.1, -0.05) is 48.6 Å². The van der Waals surface area contributed by atoms with Gasteiger partial charge < -0.3 is 0 Å². The van der Waals surface area contributed by atoms with E-state index in [2.05, 4.69) is 23.6 Å². The number of allylic oxidation sites excluding steroid dienone is 5. The minimum Gasteiger partial charge on any atom is -0.290 e. The van der Waals surface area contributed by atoms with Crippen molar-refractivity contribution in [1.29, 1.82) is 0 Å². The second kappa shape index (κ2) is 5.21. The van der Waals surface area contributed by atoms with Crippen LogP contribution < -0.4 is 0 Å². The van der Waals surface area contributed by atoms with Crippen LogP contribution in [0.2, 0.25) is 0 Å². The molecule has 0 radical (unpaired) electrons. The van der Waals surface area contributed by atoms with E-state index in [1.807, 2.05) is 36.4 Å². The summed E-state index contributed by atoms with van der Waals surface area (Å²) in [7, 11) is 0. The third-order valence-corrected chi connectivity index (χ3v) is 3.86. The summed E-state index contributed by atoms with van der Waals surface area (Å²) in [6.07, 6.45) is 7.02. The summed E-state index contributed by atoms with van der Waals surface area (Å²) in [5, 5.41) is 2.07. The molecule has 1 heterocycles. The van der Waals surface area contributed by atoms with Crippen LogP contribution in [0, 0.1) is 0 Å². The first kappa shape index (κ1) is 11.9. The molecule has 1 aromatic carbocycles. The van der Waals surface area contributed by atoms with Gasteiger partial charge in [0.05, 0.1) is 0 Å². The number of rotatable bonds is 2. The summed E-state index contributed by atoms with van der Waals surface area (Å²) < 4.78 is 0. The molecule has 2 aromatic rings. The lowest BCUT2D eigenvalue weighted by Crippen LogP contribution is -1.95. The topological polar surface area (TPSA) is 17.1 Å². The van der Waals surface area contributed by atoms with Crippen LogP contribution in [0.15, 0.2) is 77.7 Å². The molecule has 2 heteroatoms. The fourth-order valence-electron chi connectivity index (χ4n) is 2.10. The number of benzene rings is 1. The Kier molecular flexibility index (Phi) is 3.25. The molecule has 19 heavy (non-hydrogen) atoms. The van der Waals surface area contributed by atoms with Crippen molar-refractivity contribution < 1.29 is 4.79 Å². The lowest BCUT2D eigenvalue weighted by atomic mass is 9.95. The Hall–Kier alpha value is -2.19. The first-order chi connectivity index (χ1) is 9.34. The van der Waals surface area contributed by atoms with E-state index in [9.17, 15) is 4.79 Å². The smallest absolute Gasteiger partial charge is 0.178 e. The van der Waals surface area contributed by atoms with Crippen molar-refractivity contribution in [3.05, 3.63) is 88.2 Å². The van der Waals surface area contributed by atoms with Gasteiger partial charge in [-0.15, -0.1) is 11.3 Å². The molecule has 0 unspecified atom stereocenters. The van der Waals surface area contributed by atoms with Crippen molar-refractivity contribution in [2.24, 2.45) is 0 Å². The predicted octanol–water partition coefficient (Wildman–Crippen LogP) is 4.25. The van der Waals surface area contributed by atoms with Crippen LogP contribution in [0.3, 0.4) is 0 Å². The molecule has 0 amide bonds. The zero-order valence-electron chi connectivity index (χ0n) is 10.2. The van der Waals surface area contributed by atoms with Gasteiger partial charge in [0, 0.05) is 10.5 Å². The highest BCUT2D eigenvalue weighted by Gasteiger charge is 2.11. The lowest BCUT2D eigenvalue weighted by Gasteiger charge is -2.11. The van der Waals surface area contributed by atoms with Crippen molar-refractivity contribution in [3.8, 4) is 0 Å². The summed E-state index contributed by atoms with van der Waals surface area (Å²) in [5.41, 5.74) is 3.42. The van der Waals surface area contributed by atoms with Crippen molar-refractivity contribution in [1.82, 2.24) is 0 Å². The molecule has 0 saturated carbocycles. The molecule has 92 valence electrons. The molecule has 0 spiro atoms. The normalized spacial score (nSPS) is 13.9. The Morgan fingerprint density at radius 1 is 0.842 bits per heavy atom. The average Bonchev–Trinajstić information content (AvgIpc) is 2.96. The minimum absolute atomic E-state index is 0.0438. The Labute approximate surface area is 116 Å². The zero-order chi connectivity index (χ0) is 13.1. The molecule has 3 rings (SSSR count). The number of carbonyl (C=O) groups excluding carboxylic acids is 1. The third-order valence-electron chi connectivity index (χ3n) is 2.97. The standard InChI is InChI=1S/C17H12OS/c18-15-10-8-14(9-11-15)17(16-7-4-12-19-16)13-5-2-1-3-6-13/h1-12H. The van der Waals surface area contributed by atoms with Crippen LogP contribution in [0.1, 0.15) is 10.4 Å². The van der Waals surface area contributed by atoms with E-state index in [4.69, 9.17) is 0 Å². The Morgan fingerprint density at radius 3 is 2.21 bits per heavy atom. The van der Waals surface area contributed by atoms with E-state index in [0.717, 1.165) is 5.57 Å². The largest absolute Gasteiger partial charge is 0.290 e. The van der Waals surface area contributed by atoms with Gasteiger partial charge in [-0.2, -0.15) is 0 Å². The molecular weight excluding hydrogens is 252 g/mol. The summed E-state index contributed by atoms with van der Waals surface area (Å²) in [4.78, 5) is 12.5. The van der Waals surface area contributed by atoms with Gasteiger partial charge in [0.25, 0.3) is 0 Å². The number of hydrogen-bond donors (Lipinski definition) is 0. The van der Waals surface area contributed by atoms with Gasteiger partial charge in [-0.05, 0) is 34.7 Å². The fourth-order valence-corrected chi connectivity index (χ4v) is 2.91. The van der Waals surface area contributed by atoms with Crippen LogP contribution in [-0.4, -0.2) is 5.78 Å². The van der Waals surface area contributed by atoms with E-state index in [1.165, 1.54) is 16.0 Å². The second-order valence-corrected chi connectivity index (χ2v) is 5.19. The first-order valence-electron chi connectivity index (χ1n) is 6.08. The van der Waals surface area contributed by atoms with E-state index in [1.54, 1.807) is 23.5 Å². The summed E-state index contributed by atoms with van der Waals surface area (Å²) in [6.45, 7) is 0. The van der Waals surface area contributed by atoms with Gasteiger partial charge in [-0.25, -0.2) is 0 Å². The minimum atomic E-state index is 0.0438. The Balaban J connectivity index is 2.19. The van der Waals surface area contributed by atoms with Gasteiger partial charge in [-0.3, -0.25) is 4.79 Å². The summed E-state index contributed by atoms with van der Waals surface area (Å²) in [5.74, 6) is 0.0438. The molecule has 1 aromatic heterocycles. The van der Waals surface area contributed by atoms with Gasteiger partial charge in [0.1, 0.15) is 0 Å². The van der Waals surface area contributed by atoms with Crippen molar-refractivity contribution in [2.45, 2.75) is 0 Å². The average molecular weight is 264 g/mol. The Bertz CT molecular complexity index is 655. The molecule has 1 nitrogen and oxygen atoms in total. The first-order valence-corrected chi connectivity index (χ1v) is 6.96.